The van der Waals surface area contributed by atoms with Crippen molar-refractivity contribution in [2.24, 2.45) is 35.0 Å². The Bertz CT molecular complexity index is 399. The molecule has 1 heterocycles. The Labute approximate surface area is 108 Å². The van der Waals surface area contributed by atoms with E-state index in [2.05, 4.69) is 6.92 Å². The Balaban J connectivity index is 2.01. The molecule has 0 aromatic heterocycles. The second-order valence-corrected chi connectivity index (χ2v) is 7.11. The van der Waals surface area contributed by atoms with Crippen molar-refractivity contribution >= 4 is 11.8 Å². The Morgan fingerprint density at radius 1 is 1.17 bits per heavy atom. The van der Waals surface area contributed by atoms with Gasteiger partial charge in [0.25, 0.3) is 0 Å². The fraction of sp³-hybridized carbons (Fsp3) is 0.867. The Morgan fingerprint density at radius 2 is 1.89 bits per heavy atom. The van der Waals surface area contributed by atoms with Gasteiger partial charge in [0.05, 0.1) is 12.5 Å². The first-order valence-corrected chi connectivity index (χ1v) is 7.13. The maximum absolute atomic E-state index is 12.6. The summed E-state index contributed by atoms with van der Waals surface area (Å²) in [5.41, 5.74) is -0.256. The highest BCUT2D eigenvalue weighted by atomic mass is 16.5. The lowest BCUT2D eigenvalue weighted by molar-refractivity contribution is -0.146. The predicted molar refractivity (Wildman–Crippen MR) is 66.7 cm³/mol. The molecule has 5 atom stereocenters. The first kappa shape index (κ1) is 12.2. The van der Waals surface area contributed by atoms with Crippen molar-refractivity contribution in [1.82, 2.24) is 0 Å². The van der Waals surface area contributed by atoms with Crippen LogP contribution in [-0.4, -0.2) is 18.4 Å². The number of hydrogen-bond acceptors (Lipinski definition) is 3. The second kappa shape index (κ2) is 3.82. The number of ketones is 1. The van der Waals surface area contributed by atoms with Crippen molar-refractivity contribution in [2.45, 2.75) is 40.0 Å². The number of carbonyl (C=O) groups excluding carboxylic acids is 2. The molecule has 2 saturated carbocycles. The lowest BCUT2D eigenvalue weighted by Crippen LogP contribution is -2.34. The first-order valence-electron chi connectivity index (χ1n) is 7.13. The number of ether oxygens (including phenoxy) is 1. The number of cyclic esters (lactones) is 1. The fourth-order valence-electron chi connectivity index (χ4n) is 4.42. The van der Waals surface area contributed by atoms with Gasteiger partial charge in [-0.05, 0) is 24.7 Å². The summed E-state index contributed by atoms with van der Waals surface area (Å²) < 4.78 is 5.22. The van der Waals surface area contributed by atoms with Crippen molar-refractivity contribution in [3.63, 3.8) is 0 Å². The van der Waals surface area contributed by atoms with Crippen molar-refractivity contribution in [2.75, 3.05) is 6.61 Å². The van der Waals surface area contributed by atoms with Crippen molar-refractivity contribution < 1.29 is 14.3 Å². The first-order chi connectivity index (χ1) is 8.42. The van der Waals surface area contributed by atoms with Crippen molar-refractivity contribution in [1.29, 1.82) is 0 Å². The van der Waals surface area contributed by atoms with Gasteiger partial charge < -0.3 is 4.74 Å². The summed E-state index contributed by atoms with van der Waals surface area (Å²) in [6, 6.07) is 0. The van der Waals surface area contributed by atoms with Gasteiger partial charge in [-0.3, -0.25) is 9.59 Å². The van der Waals surface area contributed by atoms with Crippen LogP contribution in [0, 0.1) is 35.0 Å². The molecule has 3 aliphatic rings. The molecule has 1 aliphatic heterocycles. The zero-order chi connectivity index (χ0) is 13.1. The molecule has 100 valence electrons. The number of rotatable bonds is 0. The molecular formula is C15H22O3. The van der Waals surface area contributed by atoms with Gasteiger partial charge >= 0.3 is 5.97 Å². The maximum atomic E-state index is 12.6. The van der Waals surface area contributed by atoms with Gasteiger partial charge in [-0.15, -0.1) is 0 Å². The molecule has 1 saturated heterocycles. The Kier molecular flexibility index (Phi) is 2.58. The molecule has 0 amide bonds. The lowest BCUT2D eigenvalue weighted by Gasteiger charge is -2.24. The molecule has 0 spiro atoms. The van der Waals surface area contributed by atoms with Crippen LogP contribution in [0.2, 0.25) is 0 Å². The van der Waals surface area contributed by atoms with E-state index in [0.29, 0.717) is 24.2 Å². The number of fused-ring (bicyclic) bond motifs is 3. The molecule has 0 radical (unpaired) electrons. The second-order valence-electron chi connectivity index (χ2n) is 7.11. The average molecular weight is 250 g/mol. The highest BCUT2D eigenvalue weighted by molar-refractivity contribution is 5.93. The van der Waals surface area contributed by atoms with Gasteiger partial charge in [0, 0.05) is 17.3 Å². The van der Waals surface area contributed by atoms with Crippen LogP contribution in [0.15, 0.2) is 0 Å². The standard InChI is InChI=1S/C15H22O3/c1-8-4-5-9-7-18-14(17)11(9)12-10(8)6-15(2,3)13(12)16/h8-12H,4-7H2,1-3H3/t8-,9+,10+,11-,12-/m0/s1. The third kappa shape index (κ3) is 1.55. The van der Waals surface area contributed by atoms with E-state index in [4.69, 9.17) is 4.74 Å². The van der Waals surface area contributed by atoms with E-state index >= 15 is 0 Å². The molecule has 2 aliphatic carbocycles. The minimum Gasteiger partial charge on any atom is -0.465 e. The molecule has 3 rings (SSSR count). The average Bonchev–Trinajstić information content (AvgIpc) is 2.71. The summed E-state index contributed by atoms with van der Waals surface area (Å²) in [5, 5.41) is 0. The van der Waals surface area contributed by atoms with E-state index in [1.807, 2.05) is 13.8 Å². The topological polar surface area (TPSA) is 43.4 Å². The largest absolute Gasteiger partial charge is 0.465 e. The summed E-state index contributed by atoms with van der Waals surface area (Å²) in [5.74, 6) is 1.19. The SMILES string of the molecule is C[C@H]1CC[C@@H]2COC(=O)[C@@H]2[C@H]2C(=O)C(C)(C)C[C@@H]21. The molecule has 3 heteroatoms. The number of carbonyl (C=O) groups is 2. The summed E-state index contributed by atoms with van der Waals surface area (Å²) in [6.45, 7) is 6.85. The normalized spacial score (nSPS) is 46.3. The summed E-state index contributed by atoms with van der Waals surface area (Å²) in [7, 11) is 0. The van der Waals surface area contributed by atoms with Crippen LogP contribution in [0.1, 0.15) is 40.0 Å². The molecule has 0 aromatic carbocycles. The molecule has 3 nitrogen and oxygen atoms in total. The Hall–Kier alpha value is -0.860. The molecule has 0 unspecified atom stereocenters. The van der Waals surface area contributed by atoms with E-state index in [9.17, 15) is 9.59 Å². The highest BCUT2D eigenvalue weighted by Crippen LogP contribution is 2.54. The van der Waals surface area contributed by atoms with Crippen LogP contribution < -0.4 is 0 Å². The highest BCUT2D eigenvalue weighted by Gasteiger charge is 2.58. The summed E-state index contributed by atoms with van der Waals surface area (Å²) in [4.78, 5) is 24.6. The predicted octanol–water partition coefficient (Wildman–Crippen LogP) is 2.44. The number of hydrogen-bond donors (Lipinski definition) is 0. The summed E-state index contributed by atoms with van der Waals surface area (Å²) >= 11 is 0. The van der Waals surface area contributed by atoms with Crippen molar-refractivity contribution in [3.05, 3.63) is 0 Å². The smallest absolute Gasteiger partial charge is 0.310 e. The van der Waals surface area contributed by atoms with Gasteiger partial charge in [0.2, 0.25) is 0 Å². The van der Waals surface area contributed by atoms with E-state index in [0.717, 1.165) is 19.3 Å². The minimum absolute atomic E-state index is 0.0718. The molecule has 0 bridgehead atoms. The van der Waals surface area contributed by atoms with Crippen LogP contribution in [0.3, 0.4) is 0 Å². The number of esters is 1. The van der Waals surface area contributed by atoms with Gasteiger partial charge in [0.1, 0.15) is 5.78 Å². The molecule has 3 fully saturated rings. The number of Topliss-reactive ketones (excluding diaryl/α,β-unsaturated/α-hetero) is 1. The van der Waals surface area contributed by atoms with E-state index < -0.39 is 0 Å². The van der Waals surface area contributed by atoms with Crippen molar-refractivity contribution in [3.8, 4) is 0 Å². The summed E-state index contributed by atoms with van der Waals surface area (Å²) in [6.07, 6.45) is 3.11. The van der Waals surface area contributed by atoms with Crippen LogP contribution >= 0.6 is 0 Å². The zero-order valence-electron chi connectivity index (χ0n) is 11.4. The maximum Gasteiger partial charge on any atom is 0.310 e. The Morgan fingerprint density at radius 3 is 2.61 bits per heavy atom. The minimum atomic E-state index is -0.256. The van der Waals surface area contributed by atoms with Crippen LogP contribution in [0.4, 0.5) is 0 Å². The quantitative estimate of drug-likeness (QED) is 0.620. The van der Waals surface area contributed by atoms with E-state index in [1.165, 1.54) is 0 Å². The van der Waals surface area contributed by atoms with Gasteiger partial charge in [-0.25, -0.2) is 0 Å². The van der Waals surface area contributed by atoms with Gasteiger partial charge in [-0.1, -0.05) is 27.2 Å². The van der Waals surface area contributed by atoms with Crippen LogP contribution in [-0.2, 0) is 14.3 Å². The van der Waals surface area contributed by atoms with Crippen LogP contribution in [0.25, 0.3) is 0 Å². The van der Waals surface area contributed by atoms with E-state index in [1.54, 1.807) is 0 Å². The monoisotopic (exact) mass is 250 g/mol. The molecular weight excluding hydrogens is 228 g/mol. The van der Waals surface area contributed by atoms with Gasteiger partial charge in [-0.2, -0.15) is 0 Å². The lowest BCUT2D eigenvalue weighted by atomic mass is 9.76. The fourth-order valence-corrected chi connectivity index (χ4v) is 4.42. The van der Waals surface area contributed by atoms with Crippen LogP contribution in [0.5, 0.6) is 0 Å². The molecule has 0 aromatic rings. The third-order valence-electron chi connectivity index (χ3n) is 5.51. The van der Waals surface area contributed by atoms with E-state index in [-0.39, 0.29) is 29.1 Å². The molecule has 18 heavy (non-hydrogen) atoms. The zero-order valence-corrected chi connectivity index (χ0v) is 11.4. The molecule has 0 N–H and O–H groups in total. The van der Waals surface area contributed by atoms with Gasteiger partial charge in [0.15, 0.2) is 0 Å². The third-order valence-corrected chi connectivity index (χ3v) is 5.51.